The molecule has 1 heterocycles. The van der Waals surface area contributed by atoms with E-state index in [1.807, 2.05) is 19.1 Å². The van der Waals surface area contributed by atoms with Gasteiger partial charge in [0.2, 0.25) is 0 Å². The van der Waals surface area contributed by atoms with Crippen LogP contribution in [0, 0.1) is 24.2 Å². The molecule has 0 aliphatic carbocycles. The van der Waals surface area contributed by atoms with Crippen molar-refractivity contribution in [3.63, 3.8) is 0 Å². The van der Waals surface area contributed by atoms with Gasteiger partial charge in [0, 0.05) is 24.7 Å². The van der Waals surface area contributed by atoms with E-state index in [9.17, 15) is 4.79 Å². The highest BCUT2D eigenvalue weighted by Gasteiger charge is 2.22. The van der Waals surface area contributed by atoms with Crippen LogP contribution in [-0.2, 0) is 4.79 Å². The van der Waals surface area contributed by atoms with E-state index in [2.05, 4.69) is 17.0 Å². The normalized spacial score (nSPS) is 16.4. The van der Waals surface area contributed by atoms with Crippen molar-refractivity contribution in [2.24, 2.45) is 5.92 Å². The van der Waals surface area contributed by atoms with Gasteiger partial charge in [0.1, 0.15) is 5.78 Å². The Kier molecular flexibility index (Phi) is 3.66. The number of carbonyl (C=O) groups excluding carboxylic acids is 1. The van der Waals surface area contributed by atoms with Crippen LogP contribution in [0.3, 0.4) is 0 Å². The molecule has 1 saturated heterocycles. The number of benzene rings is 1. The van der Waals surface area contributed by atoms with Gasteiger partial charge in [-0.05, 0) is 50.5 Å². The second-order valence-electron chi connectivity index (χ2n) is 4.98. The first kappa shape index (κ1) is 12.6. The van der Waals surface area contributed by atoms with Gasteiger partial charge < -0.3 is 4.90 Å². The molecule has 3 nitrogen and oxygen atoms in total. The molecule has 0 saturated carbocycles. The number of rotatable bonds is 2. The summed E-state index contributed by atoms with van der Waals surface area (Å²) in [6.45, 7) is 5.50. The molecule has 0 bridgehead atoms. The predicted molar refractivity (Wildman–Crippen MR) is 71.5 cm³/mol. The van der Waals surface area contributed by atoms with Crippen molar-refractivity contribution >= 4 is 11.5 Å². The summed E-state index contributed by atoms with van der Waals surface area (Å²) in [5.41, 5.74) is 2.91. The molecule has 1 aromatic carbocycles. The molecule has 0 unspecified atom stereocenters. The van der Waals surface area contributed by atoms with Gasteiger partial charge in [-0.1, -0.05) is 0 Å². The van der Waals surface area contributed by atoms with Crippen molar-refractivity contribution in [1.82, 2.24) is 0 Å². The lowest BCUT2D eigenvalue weighted by Crippen LogP contribution is -2.35. The van der Waals surface area contributed by atoms with E-state index in [0.29, 0.717) is 5.78 Å². The Morgan fingerprint density at radius 1 is 1.39 bits per heavy atom. The van der Waals surface area contributed by atoms with E-state index in [1.54, 1.807) is 6.92 Å². The summed E-state index contributed by atoms with van der Waals surface area (Å²) >= 11 is 0. The molecule has 0 amide bonds. The lowest BCUT2D eigenvalue weighted by atomic mass is 9.93. The third-order valence-corrected chi connectivity index (χ3v) is 3.77. The number of anilines is 1. The van der Waals surface area contributed by atoms with Gasteiger partial charge >= 0.3 is 0 Å². The fourth-order valence-corrected chi connectivity index (χ4v) is 2.51. The number of carbonyl (C=O) groups is 1. The van der Waals surface area contributed by atoms with Gasteiger partial charge in [-0.3, -0.25) is 4.79 Å². The maximum atomic E-state index is 11.3. The molecule has 0 aromatic heterocycles. The summed E-state index contributed by atoms with van der Waals surface area (Å²) in [5.74, 6) is 0.548. The average Bonchev–Trinajstić information content (AvgIpc) is 2.38. The summed E-state index contributed by atoms with van der Waals surface area (Å²) in [6, 6.07) is 8.12. The van der Waals surface area contributed by atoms with Crippen molar-refractivity contribution in [3.8, 4) is 6.07 Å². The van der Waals surface area contributed by atoms with Crippen LogP contribution in [0.1, 0.15) is 30.9 Å². The summed E-state index contributed by atoms with van der Waals surface area (Å²) in [7, 11) is 0. The highest BCUT2D eigenvalue weighted by molar-refractivity contribution is 5.78. The molecule has 1 aliphatic heterocycles. The molecule has 3 heteroatoms. The second-order valence-corrected chi connectivity index (χ2v) is 4.98. The van der Waals surface area contributed by atoms with E-state index >= 15 is 0 Å². The zero-order chi connectivity index (χ0) is 13.1. The molecule has 0 atom stereocenters. The third-order valence-electron chi connectivity index (χ3n) is 3.77. The molecular formula is C15H18N2O. The summed E-state index contributed by atoms with van der Waals surface area (Å²) in [4.78, 5) is 13.6. The van der Waals surface area contributed by atoms with E-state index in [0.717, 1.165) is 42.7 Å². The largest absolute Gasteiger partial charge is 0.371 e. The van der Waals surface area contributed by atoms with E-state index in [1.165, 1.54) is 0 Å². The molecule has 18 heavy (non-hydrogen) atoms. The molecule has 1 fully saturated rings. The molecule has 2 rings (SSSR count). The number of aryl methyl sites for hydroxylation is 1. The van der Waals surface area contributed by atoms with Gasteiger partial charge in [-0.2, -0.15) is 5.26 Å². The summed E-state index contributed by atoms with van der Waals surface area (Å²) in [5, 5.41) is 8.91. The molecule has 94 valence electrons. The van der Waals surface area contributed by atoms with Gasteiger partial charge in [0.25, 0.3) is 0 Å². The van der Waals surface area contributed by atoms with Crippen LogP contribution in [0.2, 0.25) is 0 Å². The molecular weight excluding hydrogens is 224 g/mol. The standard InChI is InChI=1S/C15H18N2O/c1-11-9-15(4-3-14(11)10-16)17-7-5-13(6-8-17)12(2)18/h3-4,9,13H,5-8H2,1-2H3. The van der Waals surface area contributed by atoms with Crippen LogP contribution in [0.4, 0.5) is 5.69 Å². The van der Waals surface area contributed by atoms with Crippen LogP contribution in [0.15, 0.2) is 18.2 Å². The Morgan fingerprint density at radius 3 is 2.56 bits per heavy atom. The van der Waals surface area contributed by atoms with Gasteiger partial charge in [0.15, 0.2) is 0 Å². The van der Waals surface area contributed by atoms with Crippen molar-refractivity contribution in [3.05, 3.63) is 29.3 Å². The topological polar surface area (TPSA) is 44.1 Å². The van der Waals surface area contributed by atoms with Crippen molar-refractivity contribution in [1.29, 1.82) is 5.26 Å². The average molecular weight is 242 g/mol. The van der Waals surface area contributed by atoms with E-state index < -0.39 is 0 Å². The van der Waals surface area contributed by atoms with Crippen molar-refractivity contribution in [2.75, 3.05) is 18.0 Å². The summed E-state index contributed by atoms with van der Waals surface area (Å²) < 4.78 is 0. The number of nitrogens with zero attached hydrogens (tertiary/aromatic N) is 2. The zero-order valence-electron chi connectivity index (χ0n) is 10.9. The second kappa shape index (κ2) is 5.22. The maximum Gasteiger partial charge on any atom is 0.133 e. The van der Waals surface area contributed by atoms with Crippen LogP contribution >= 0.6 is 0 Å². The molecule has 0 N–H and O–H groups in total. The van der Waals surface area contributed by atoms with Crippen LogP contribution in [0.25, 0.3) is 0 Å². The van der Waals surface area contributed by atoms with Crippen LogP contribution in [-0.4, -0.2) is 18.9 Å². The number of piperidine rings is 1. The lowest BCUT2D eigenvalue weighted by molar-refractivity contribution is -0.121. The third kappa shape index (κ3) is 2.53. The first-order valence-electron chi connectivity index (χ1n) is 6.38. The Balaban J connectivity index is 2.08. The number of ketones is 1. The Bertz CT molecular complexity index is 494. The number of hydrogen-bond acceptors (Lipinski definition) is 3. The van der Waals surface area contributed by atoms with E-state index in [-0.39, 0.29) is 5.92 Å². The first-order valence-corrected chi connectivity index (χ1v) is 6.38. The quantitative estimate of drug-likeness (QED) is 0.800. The highest BCUT2D eigenvalue weighted by atomic mass is 16.1. The minimum absolute atomic E-state index is 0.237. The molecule has 0 spiro atoms. The van der Waals surface area contributed by atoms with Crippen LogP contribution in [0.5, 0.6) is 0 Å². The fourth-order valence-electron chi connectivity index (χ4n) is 2.51. The lowest BCUT2D eigenvalue weighted by Gasteiger charge is -2.32. The number of nitriles is 1. The van der Waals surface area contributed by atoms with Crippen molar-refractivity contribution in [2.45, 2.75) is 26.7 Å². The summed E-state index contributed by atoms with van der Waals surface area (Å²) in [6.07, 6.45) is 1.88. The number of Topliss-reactive ketones (excluding diaryl/α,β-unsaturated/α-hetero) is 1. The maximum absolute atomic E-state index is 11.3. The molecule has 1 aromatic rings. The van der Waals surface area contributed by atoms with Gasteiger partial charge in [-0.15, -0.1) is 0 Å². The van der Waals surface area contributed by atoms with Crippen molar-refractivity contribution < 1.29 is 4.79 Å². The monoisotopic (exact) mass is 242 g/mol. The minimum Gasteiger partial charge on any atom is -0.371 e. The van der Waals surface area contributed by atoms with Gasteiger partial charge in [0.05, 0.1) is 11.6 Å². The minimum atomic E-state index is 0.237. The Hall–Kier alpha value is -1.82. The Labute approximate surface area is 108 Å². The highest BCUT2D eigenvalue weighted by Crippen LogP contribution is 2.25. The van der Waals surface area contributed by atoms with Gasteiger partial charge in [-0.25, -0.2) is 0 Å². The smallest absolute Gasteiger partial charge is 0.133 e. The molecule has 0 radical (unpaired) electrons. The SMILES string of the molecule is CC(=O)C1CCN(c2ccc(C#N)c(C)c2)CC1. The Morgan fingerprint density at radius 2 is 2.06 bits per heavy atom. The van der Waals surface area contributed by atoms with Crippen LogP contribution < -0.4 is 4.90 Å². The molecule has 1 aliphatic rings. The first-order chi connectivity index (χ1) is 8.61. The predicted octanol–water partition coefficient (Wildman–Crippen LogP) is 2.67. The zero-order valence-corrected chi connectivity index (χ0v) is 10.9. The fraction of sp³-hybridized carbons (Fsp3) is 0.467. The van der Waals surface area contributed by atoms with E-state index in [4.69, 9.17) is 5.26 Å². The number of hydrogen-bond donors (Lipinski definition) is 0.